The quantitative estimate of drug-likeness (QED) is 0.463. The van der Waals surface area contributed by atoms with Crippen LogP contribution in [0, 0.1) is 5.82 Å². The van der Waals surface area contributed by atoms with Crippen LogP contribution in [-0.4, -0.2) is 22.5 Å². The minimum Gasteiger partial charge on any atom is -0.331 e. The van der Waals surface area contributed by atoms with E-state index in [1.165, 1.54) is 30.8 Å². The largest absolute Gasteiger partial charge is 0.331 e. The maximum absolute atomic E-state index is 13.2. The Kier molecular flexibility index (Phi) is 7.84. The second-order valence-electron chi connectivity index (χ2n) is 7.23. The van der Waals surface area contributed by atoms with E-state index in [1.54, 1.807) is 12.1 Å². The lowest BCUT2D eigenvalue weighted by Gasteiger charge is -2.30. The Morgan fingerprint density at radius 2 is 1.71 bits per heavy atom. The van der Waals surface area contributed by atoms with Crippen LogP contribution in [0.25, 0.3) is 0 Å². The third-order valence-corrected chi connectivity index (χ3v) is 5.85. The van der Waals surface area contributed by atoms with Gasteiger partial charge in [0, 0.05) is 24.1 Å². The number of amides is 2. The molecule has 0 spiro atoms. The maximum Gasteiger partial charge on any atom is 0.233 e. The molecule has 4 nitrogen and oxygen atoms in total. The number of nitrogens with zero attached hydrogens (tertiary/aromatic N) is 1. The number of hydrogen-bond donors (Lipinski definition) is 1. The molecule has 3 aromatic rings. The van der Waals surface area contributed by atoms with E-state index in [0.29, 0.717) is 12.2 Å². The Bertz CT molecular complexity index is 1030. The predicted molar refractivity (Wildman–Crippen MR) is 123 cm³/mol. The third kappa shape index (κ3) is 6.69. The molecule has 6 heteroatoms. The van der Waals surface area contributed by atoms with Gasteiger partial charge in [0.15, 0.2) is 0 Å². The number of anilines is 1. The predicted octanol–water partition coefficient (Wildman–Crippen LogP) is 5.67. The van der Waals surface area contributed by atoms with Gasteiger partial charge in [-0.05, 0) is 54.4 Å². The fourth-order valence-electron chi connectivity index (χ4n) is 3.24. The molecular formula is C25H25FN2O2S. The van der Waals surface area contributed by atoms with Crippen LogP contribution in [0.4, 0.5) is 10.1 Å². The zero-order chi connectivity index (χ0) is 22.2. The molecule has 0 aliphatic heterocycles. The molecule has 1 atom stereocenters. The van der Waals surface area contributed by atoms with Gasteiger partial charge in [-0.15, -0.1) is 11.8 Å². The fourth-order valence-corrected chi connectivity index (χ4v) is 4.02. The van der Waals surface area contributed by atoms with Crippen molar-refractivity contribution >= 4 is 29.3 Å². The minimum atomic E-state index is -0.297. The summed E-state index contributed by atoms with van der Waals surface area (Å²) < 4.78 is 13.2. The van der Waals surface area contributed by atoms with Gasteiger partial charge in [0.1, 0.15) is 5.82 Å². The smallest absolute Gasteiger partial charge is 0.233 e. The van der Waals surface area contributed by atoms with Crippen LogP contribution in [-0.2, 0) is 16.1 Å². The highest BCUT2D eigenvalue weighted by atomic mass is 32.2. The Labute approximate surface area is 186 Å². The topological polar surface area (TPSA) is 49.4 Å². The summed E-state index contributed by atoms with van der Waals surface area (Å²) in [5.41, 5.74) is 2.67. The van der Waals surface area contributed by atoms with Gasteiger partial charge in [0.25, 0.3) is 0 Å². The number of halogens is 1. The van der Waals surface area contributed by atoms with E-state index in [0.717, 1.165) is 16.0 Å². The molecule has 0 heterocycles. The van der Waals surface area contributed by atoms with Crippen molar-refractivity contribution in [3.05, 3.63) is 95.8 Å². The number of hydrogen-bond acceptors (Lipinski definition) is 3. The van der Waals surface area contributed by atoms with Gasteiger partial charge in [-0.25, -0.2) is 4.39 Å². The fraction of sp³-hybridized carbons (Fsp3) is 0.200. The highest BCUT2D eigenvalue weighted by molar-refractivity contribution is 8.00. The first-order valence-electron chi connectivity index (χ1n) is 10.0. The molecule has 0 aliphatic carbocycles. The molecule has 0 saturated heterocycles. The van der Waals surface area contributed by atoms with Gasteiger partial charge < -0.3 is 10.2 Å². The van der Waals surface area contributed by atoms with E-state index in [9.17, 15) is 14.0 Å². The summed E-state index contributed by atoms with van der Waals surface area (Å²) in [7, 11) is 0. The Morgan fingerprint density at radius 3 is 2.39 bits per heavy atom. The molecular weight excluding hydrogens is 411 g/mol. The average Bonchev–Trinajstić information content (AvgIpc) is 2.77. The molecule has 2 amide bonds. The molecule has 3 rings (SSSR count). The average molecular weight is 437 g/mol. The van der Waals surface area contributed by atoms with Crippen LogP contribution in [0.2, 0.25) is 0 Å². The number of carbonyl (C=O) groups excluding carboxylic acids is 2. The highest BCUT2D eigenvalue weighted by Crippen LogP contribution is 2.27. The van der Waals surface area contributed by atoms with Crippen molar-refractivity contribution in [1.29, 1.82) is 0 Å². The first-order chi connectivity index (χ1) is 14.9. The first-order valence-corrected chi connectivity index (χ1v) is 11.0. The Morgan fingerprint density at radius 1 is 1.00 bits per heavy atom. The van der Waals surface area contributed by atoms with Crippen molar-refractivity contribution in [2.45, 2.75) is 31.3 Å². The van der Waals surface area contributed by atoms with Crippen molar-refractivity contribution < 1.29 is 14.0 Å². The molecule has 1 unspecified atom stereocenters. The van der Waals surface area contributed by atoms with Crippen LogP contribution < -0.4 is 5.32 Å². The SMILES string of the molecule is CC(=O)Nc1cccc(C(C)N(Cc2ccccc2)C(=O)CSc2ccc(F)cc2)c1. The van der Waals surface area contributed by atoms with Crippen LogP contribution in [0.1, 0.15) is 31.0 Å². The molecule has 0 bridgehead atoms. The van der Waals surface area contributed by atoms with E-state index in [-0.39, 0.29) is 29.4 Å². The van der Waals surface area contributed by atoms with Crippen molar-refractivity contribution in [2.24, 2.45) is 0 Å². The van der Waals surface area contributed by atoms with Crippen LogP contribution >= 0.6 is 11.8 Å². The standard InChI is InChI=1S/C25H25FN2O2S/c1-18(21-9-6-10-23(15-21)27-19(2)29)28(16-20-7-4-3-5-8-20)25(30)17-31-24-13-11-22(26)12-14-24/h3-15,18H,16-17H2,1-2H3,(H,27,29). The Balaban J connectivity index is 1.80. The number of carbonyl (C=O) groups is 2. The Hall–Kier alpha value is -3.12. The summed E-state index contributed by atoms with van der Waals surface area (Å²) in [6.07, 6.45) is 0. The number of benzene rings is 3. The molecule has 0 aliphatic rings. The summed E-state index contributed by atoms with van der Waals surface area (Å²) in [4.78, 5) is 27.3. The lowest BCUT2D eigenvalue weighted by Crippen LogP contribution is -2.34. The lowest BCUT2D eigenvalue weighted by molar-refractivity contribution is -0.131. The normalized spacial score (nSPS) is 11.6. The van der Waals surface area contributed by atoms with Gasteiger partial charge in [0.05, 0.1) is 11.8 Å². The van der Waals surface area contributed by atoms with Gasteiger partial charge in [-0.3, -0.25) is 9.59 Å². The number of nitrogens with one attached hydrogen (secondary N) is 1. The van der Waals surface area contributed by atoms with Gasteiger partial charge >= 0.3 is 0 Å². The molecule has 0 fully saturated rings. The van der Waals surface area contributed by atoms with E-state index in [4.69, 9.17) is 0 Å². The molecule has 0 radical (unpaired) electrons. The monoisotopic (exact) mass is 436 g/mol. The van der Waals surface area contributed by atoms with Crippen molar-refractivity contribution in [2.75, 3.05) is 11.1 Å². The lowest BCUT2D eigenvalue weighted by atomic mass is 10.0. The van der Waals surface area contributed by atoms with E-state index >= 15 is 0 Å². The summed E-state index contributed by atoms with van der Waals surface area (Å²) >= 11 is 1.39. The third-order valence-electron chi connectivity index (χ3n) is 4.85. The van der Waals surface area contributed by atoms with Crippen LogP contribution in [0.15, 0.2) is 83.8 Å². The number of thioether (sulfide) groups is 1. The highest BCUT2D eigenvalue weighted by Gasteiger charge is 2.22. The molecule has 1 N–H and O–H groups in total. The second-order valence-corrected chi connectivity index (χ2v) is 8.28. The van der Waals surface area contributed by atoms with Gasteiger partial charge in [-0.2, -0.15) is 0 Å². The molecule has 3 aromatic carbocycles. The molecule has 31 heavy (non-hydrogen) atoms. The second kappa shape index (κ2) is 10.8. The zero-order valence-electron chi connectivity index (χ0n) is 17.5. The molecule has 160 valence electrons. The van der Waals surface area contributed by atoms with Crippen LogP contribution in [0.3, 0.4) is 0 Å². The molecule has 0 aromatic heterocycles. The summed E-state index contributed by atoms with van der Waals surface area (Å²) in [5, 5.41) is 2.79. The number of rotatable bonds is 8. The van der Waals surface area contributed by atoms with E-state index < -0.39 is 0 Å². The van der Waals surface area contributed by atoms with E-state index in [2.05, 4.69) is 5.32 Å². The van der Waals surface area contributed by atoms with Crippen molar-refractivity contribution in [3.63, 3.8) is 0 Å². The van der Waals surface area contributed by atoms with Crippen LogP contribution in [0.5, 0.6) is 0 Å². The maximum atomic E-state index is 13.2. The van der Waals surface area contributed by atoms with Crippen molar-refractivity contribution in [1.82, 2.24) is 4.90 Å². The molecule has 0 saturated carbocycles. The van der Waals surface area contributed by atoms with E-state index in [1.807, 2.05) is 66.4 Å². The minimum absolute atomic E-state index is 0.0180. The van der Waals surface area contributed by atoms with Crippen molar-refractivity contribution in [3.8, 4) is 0 Å². The van der Waals surface area contributed by atoms with Gasteiger partial charge in [0.2, 0.25) is 11.8 Å². The first kappa shape index (κ1) is 22.6. The summed E-state index contributed by atoms with van der Waals surface area (Å²) in [6.45, 7) is 3.92. The summed E-state index contributed by atoms with van der Waals surface area (Å²) in [5.74, 6) is -0.212. The zero-order valence-corrected chi connectivity index (χ0v) is 18.4. The van der Waals surface area contributed by atoms with Gasteiger partial charge in [-0.1, -0.05) is 42.5 Å². The summed E-state index contributed by atoms with van der Waals surface area (Å²) in [6, 6.07) is 23.3.